The number of ether oxygens (including phenoxy) is 1. The molecule has 2 atom stereocenters. The van der Waals surface area contributed by atoms with Crippen molar-refractivity contribution in [1.29, 1.82) is 0 Å². The highest BCUT2D eigenvalue weighted by Gasteiger charge is 2.33. The Kier molecular flexibility index (Phi) is 6.07. The van der Waals surface area contributed by atoms with Crippen LogP contribution < -0.4 is 15.4 Å². The number of likely N-dealkylation sites (N-methyl/N-ethyl adjacent to an activating group) is 1. The van der Waals surface area contributed by atoms with Gasteiger partial charge in [-0.3, -0.25) is 4.99 Å². The fourth-order valence-corrected chi connectivity index (χ4v) is 2.17. The van der Waals surface area contributed by atoms with Gasteiger partial charge in [0.2, 0.25) is 0 Å². The zero-order valence-electron chi connectivity index (χ0n) is 14.1. The fourth-order valence-electron chi connectivity index (χ4n) is 2.17. The van der Waals surface area contributed by atoms with E-state index < -0.39 is 0 Å². The first-order chi connectivity index (χ1) is 10.6. The molecule has 1 saturated carbocycles. The summed E-state index contributed by atoms with van der Waals surface area (Å²) >= 11 is 0. The van der Waals surface area contributed by atoms with Gasteiger partial charge in [0.05, 0.1) is 0 Å². The van der Waals surface area contributed by atoms with Crippen molar-refractivity contribution in [3.8, 4) is 5.75 Å². The average Bonchev–Trinajstić information content (AvgIpc) is 3.18. The monoisotopic (exact) mass is 304 g/mol. The standard InChI is InChI=1S/C17H28N4O/c1-13-10-16(13)20-17(18-2)19-12-14-6-5-7-15(11-14)22-9-8-21(3)4/h5-7,11,13,16H,8-10,12H2,1-4H3,(H2,18,19,20). The smallest absolute Gasteiger partial charge is 0.191 e. The van der Waals surface area contributed by atoms with Gasteiger partial charge in [0.15, 0.2) is 5.96 Å². The van der Waals surface area contributed by atoms with Gasteiger partial charge in [0.25, 0.3) is 0 Å². The van der Waals surface area contributed by atoms with E-state index in [1.54, 1.807) is 0 Å². The van der Waals surface area contributed by atoms with Crippen molar-refractivity contribution in [1.82, 2.24) is 15.5 Å². The van der Waals surface area contributed by atoms with Crippen molar-refractivity contribution >= 4 is 5.96 Å². The van der Waals surface area contributed by atoms with E-state index in [9.17, 15) is 0 Å². The summed E-state index contributed by atoms with van der Waals surface area (Å²) in [5.74, 6) is 2.54. The number of aliphatic imine (C=N–C) groups is 1. The van der Waals surface area contributed by atoms with Crippen molar-refractivity contribution in [2.45, 2.75) is 25.9 Å². The summed E-state index contributed by atoms with van der Waals surface area (Å²) in [6.07, 6.45) is 1.23. The van der Waals surface area contributed by atoms with E-state index in [0.717, 1.165) is 30.7 Å². The molecule has 122 valence electrons. The Morgan fingerprint density at radius 3 is 2.82 bits per heavy atom. The van der Waals surface area contributed by atoms with Crippen LogP contribution in [0.4, 0.5) is 0 Å². The third-order valence-corrected chi connectivity index (χ3v) is 3.82. The Morgan fingerprint density at radius 1 is 1.41 bits per heavy atom. The van der Waals surface area contributed by atoms with Crippen LogP contribution in [0.15, 0.2) is 29.3 Å². The van der Waals surface area contributed by atoms with Crippen LogP contribution in [-0.2, 0) is 6.54 Å². The van der Waals surface area contributed by atoms with E-state index >= 15 is 0 Å². The number of nitrogens with zero attached hydrogens (tertiary/aromatic N) is 2. The summed E-state index contributed by atoms with van der Waals surface area (Å²) in [6.45, 7) is 4.61. The molecule has 5 nitrogen and oxygen atoms in total. The zero-order valence-corrected chi connectivity index (χ0v) is 14.1. The second kappa shape index (κ2) is 8.03. The van der Waals surface area contributed by atoms with Crippen LogP contribution in [0, 0.1) is 5.92 Å². The zero-order chi connectivity index (χ0) is 15.9. The SMILES string of the molecule is CN=C(NCc1cccc(OCCN(C)C)c1)NC1CC1C. The Morgan fingerprint density at radius 2 is 2.18 bits per heavy atom. The maximum atomic E-state index is 5.76. The van der Waals surface area contributed by atoms with E-state index in [4.69, 9.17) is 4.74 Å². The molecule has 2 rings (SSSR count). The van der Waals surface area contributed by atoms with Gasteiger partial charge in [-0.05, 0) is 44.1 Å². The van der Waals surface area contributed by atoms with E-state index in [2.05, 4.69) is 39.6 Å². The minimum Gasteiger partial charge on any atom is -0.492 e. The number of hydrogen-bond acceptors (Lipinski definition) is 3. The van der Waals surface area contributed by atoms with E-state index in [1.807, 2.05) is 33.3 Å². The lowest BCUT2D eigenvalue weighted by Crippen LogP contribution is -2.38. The summed E-state index contributed by atoms with van der Waals surface area (Å²) in [4.78, 5) is 6.38. The van der Waals surface area contributed by atoms with Crippen LogP contribution in [0.3, 0.4) is 0 Å². The summed E-state index contributed by atoms with van der Waals surface area (Å²) < 4.78 is 5.76. The molecule has 2 unspecified atom stereocenters. The van der Waals surface area contributed by atoms with Crippen LogP contribution >= 0.6 is 0 Å². The number of hydrogen-bond donors (Lipinski definition) is 2. The molecule has 2 N–H and O–H groups in total. The molecule has 0 bridgehead atoms. The van der Waals surface area contributed by atoms with Crippen molar-refractivity contribution in [3.63, 3.8) is 0 Å². The topological polar surface area (TPSA) is 48.9 Å². The molecule has 1 aliphatic rings. The van der Waals surface area contributed by atoms with Crippen molar-refractivity contribution in [2.75, 3.05) is 34.3 Å². The number of benzene rings is 1. The molecule has 0 amide bonds. The summed E-state index contributed by atoms with van der Waals surface area (Å²) in [6, 6.07) is 8.78. The molecule has 1 aliphatic carbocycles. The van der Waals surface area contributed by atoms with Gasteiger partial charge < -0.3 is 20.3 Å². The minimum atomic E-state index is 0.576. The fraction of sp³-hybridized carbons (Fsp3) is 0.588. The first-order valence-corrected chi connectivity index (χ1v) is 7.92. The first kappa shape index (κ1) is 16.6. The summed E-state index contributed by atoms with van der Waals surface area (Å²) in [5.41, 5.74) is 1.19. The molecule has 0 aliphatic heterocycles. The van der Waals surface area contributed by atoms with Crippen LogP contribution in [0.1, 0.15) is 18.9 Å². The lowest BCUT2D eigenvalue weighted by Gasteiger charge is -2.13. The van der Waals surface area contributed by atoms with Gasteiger partial charge >= 0.3 is 0 Å². The Balaban J connectivity index is 1.79. The predicted molar refractivity (Wildman–Crippen MR) is 91.4 cm³/mol. The number of rotatable bonds is 7. The summed E-state index contributed by atoms with van der Waals surface area (Å²) in [7, 11) is 5.90. The quantitative estimate of drug-likeness (QED) is 0.595. The molecular formula is C17H28N4O. The Bertz CT molecular complexity index is 501. The second-order valence-electron chi connectivity index (χ2n) is 6.19. The highest BCUT2D eigenvalue weighted by Crippen LogP contribution is 2.28. The van der Waals surface area contributed by atoms with Crippen LogP contribution in [0.5, 0.6) is 5.75 Å². The maximum absolute atomic E-state index is 5.76. The third kappa shape index (κ3) is 5.56. The van der Waals surface area contributed by atoms with E-state index in [0.29, 0.717) is 12.6 Å². The van der Waals surface area contributed by atoms with E-state index in [-0.39, 0.29) is 0 Å². The van der Waals surface area contributed by atoms with Gasteiger partial charge in [0.1, 0.15) is 12.4 Å². The van der Waals surface area contributed by atoms with Crippen molar-refractivity contribution < 1.29 is 4.74 Å². The molecule has 1 aromatic carbocycles. The molecule has 1 aromatic rings. The largest absolute Gasteiger partial charge is 0.492 e. The molecule has 0 spiro atoms. The molecular weight excluding hydrogens is 276 g/mol. The number of guanidine groups is 1. The maximum Gasteiger partial charge on any atom is 0.191 e. The summed E-state index contributed by atoms with van der Waals surface area (Å²) in [5, 5.41) is 6.78. The highest BCUT2D eigenvalue weighted by molar-refractivity contribution is 5.80. The molecule has 1 fully saturated rings. The van der Waals surface area contributed by atoms with Crippen molar-refractivity contribution in [2.24, 2.45) is 10.9 Å². The molecule has 0 radical (unpaired) electrons. The Labute approximate surface area is 133 Å². The van der Waals surface area contributed by atoms with Crippen molar-refractivity contribution in [3.05, 3.63) is 29.8 Å². The van der Waals surface area contributed by atoms with E-state index in [1.165, 1.54) is 12.0 Å². The average molecular weight is 304 g/mol. The normalized spacial score (nSPS) is 20.9. The van der Waals surface area contributed by atoms with Crippen LogP contribution in [0.2, 0.25) is 0 Å². The van der Waals surface area contributed by atoms with Gasteiger partial charge in [0, 0.05) is 26.2 Å². The first-order valence-electron chi connectivity index (χ1n) is 7.92. The van der Waals surface area contributed by atoms with Crippen LogP contribution in [-0.4, -0.2) is 51.2 Å². The molecule has 5 heteroatoms. The molecule has 0 heterocycles. The molecule has 0 aromatic heterocycles. The molecule has 22 heavy (non-hydrogen) atoms. The second-order valence-corrected chi connectivity index (χ2v) is 6.19. The van der Waals surface area contributed by atoms with Gasteiger partial charge in [-0.15, -0.1) is 0 Å². The Hall–Kier alpha value is -1.75. The third-order valence-electron chi connectivity index (χ3n) is 3.82. The molecule has 0 saturated heterocycles. The lowest BCUT2D eigenvalue weighted by atomic mass is 10.2. The van der Waals surface area contributed by atoms with Crippen LogP contribution in [0.25, 0.3) is 0 Å². The van der Waals surface area contributed by atoms with Gasteiger partial charge in [-0.25, -0.2) is 0 Å². The predicted octanol–water partition coefficient (Wildman–Crippen LogP) is 1.70. The van der Waals surface area contributed by atoms with Gasteiger partial charge in [-0.1, -0.05) is 19.1 Å². The number of nitrogens with one attached hydrogen (secondary N) is 2. The lowest BCUT2D eigenvalue weighted by molar-refractivity contribution is 0.261. The highest BCUT2D eigenvalue weighted by atomic mass is 16.5. The van der Waals surface area contributed by atoms with Gasteiger partial charge in [-0.2, -0.15) is 0 Å². The minimum absolute atomic E-state index is 0.576.